The lowest BCUT2D eigenvalue weighted by Gasteiger charge is -2.11. The topological polar surface area (TPSA) is 206 Å². The molecule has 0 atom stereocenters. The molecule has 0 amide bonds. The van der Waals surface area contributed by atoms with Crippen molar-refractivity contribution in [2.45, 2.75) is 40.5 Å². The molecule has 0 unspecified atom stereocenters. The summed E-state index contributed by atoms with van der Waals surface area (Å²) >= 11 is 0. The van der Waals surface area contributed by atoms with Crippen molar-refractivity contribution < 1.29 is 38.4 Å². The number of hydrazone groups is 2. The highest BCUT2D eigenvalue weighted by Crippen LogP contribution is 2.36. The lowest BCUT2D eigenvalue weighted by Crippen LogP contribution is -2.16. The second-order valence-corrected chi connectivity index (χ2v) is 6.47. The average molecular weight is 512 g/mol. The van der Waals surface area contributed by atoms with Gasteiger partial charge in [-0.05, 0) is 27.7 Å². The van der Waals surface area contributed by atoms with Crippen LogP contribution in [0.1, 0.15) is 40.5 Å². The first-order valence-corrected chi connectivity index (χ1v) is 10.8. The predicted molar refractivity (Wildman–Crippen MR) is 128 cm³/mol. The first-order chi connectivity index (χ1) is 17.2. The van der Waals surface area contributed by atoms with E-state index in [2.05, 4.69) is 21.1 Å². The predicted octanol–water partition coefficient (Wildman–Crippen LogP) is 2.93. The summed E-state index contributed by atoms with van der Waals surface area (Å²) in [6, 6.07) is 1.72. The van der Waals surface area contributed by atoms with E-state index >= 15 is 0 Å². The number of nitro groups is 2. The number of nitrogens with zero attached hydrogens (tertiary/aromatic N) is 4. The Bertz CT molecular complexity index is 936. The number of carbonyl (C=O) groups is 2. The number of benzene rings is 1. The van der Waals surface area contributed by atoms with E-state index in [1.54, 1.807) is 27.7 Å². The number of anilines is 2. The fourth-order valence-electron chi connectivity index (χ4n) is 2.55. The van der Waals surface area contributed by atoms with Crippen LogP contribution in [0, 0.1) is 20.2 Å². The Morgan fingerprint density at radius 1 is 0.722 bits per heavy atom. The van der Waals surface area contributed by atoms with Gasteiger partial charge in [0, 0.05) is 6.07 Å². The van der Waals surface area contributed by atoms with Crippen LogP contribution in [0.25, 0.3) is 0 Å². The van der Waals surface area contributed by atoms with Crippen LogP contribution in [0.2, 0.25) is 0 Å². The molecule has 0 aliphatic carbocycles. The van der Waals surface area contributed by atoms with E-state index < -0.39 is 33.2 Å². The number of carbonyl (C=O) groups excluding carboxylic acids is 2. The van der Waals surface area contributed by atoms with Crippen LogP contribution >= 0.6 is 0 Å². The van der Waals surface area contributed by atoms with Gasteiger partial charge < -0.3 is 18.9 Å². The largest absolute Gasteiger partial charge is 0.480 e. The molecule has 1 aromatic rings. The van der Waals surface area contributed by atoms with Gasteiger partial charge in [0.25, 0.3) is 0 Å². The molecule has 1 rings (SSSR count). The summed E-state index contributed by atoms with van der Waals surface area (Å²) in [7, 11) is 0. The number of hydrogen-bond donors (Lipinski definition) is 2. The van der Waals surface area contributed by atoms with Crippen molar-refractivity contribution in [1.29, 1.82) is 0 Å². The maximum absolute atomic E-state index is 11.7. The SMILES string of the molecule is CCOC(=O)C/C(=N\Nc1cc(N/N=C(\CC(=O)OCC)OCC)c([N+](=O)[O-])cc1[N+](=O)[O-])OCC. The van der Waals surface area contributed by atoms with Gasteiger partial charge in [0.05, 0.1) is 42.3 Å². The molecule has 2 N–H and O–H groups in total. The van der Waals surface area contributed by atoms with Gasteiger partial charge in [0.15, 0.2) is 0 Å². The summed E-state index contributed by atoms with van der Waals surface area (Å²) in [6.07, 6.45) is -0.702. The standard InChI is InChI=1S/C20H28N6O10/c1-5-33-17(11-19(27)35-7-3)23-21-13-9-14(16(26(31)32)10-15(13)25(29)30)22-24-18(34-6-2)12-20(28)36-8-4/h9-10,21-22H,5-8,11-12H2,1-4H3/b23-17+,24-18+. The molecule has 16 nitrogen and oxygen atoms in total. The fourth-order valence-corrected chi connectivity index (χ4v) is 2.55. The van der Waals surface area contributed by atoms with Crippen LogP contribution in [-0.2, 0) is 28.5 Å². The summed E-state index contributed by atoms with van der Waals surface area (Å²) in [5.41, 5.74) is 2.89. The zero-order valence-corrected chi connectivity index (χ0v) is 20.3. The molecule has 36 heavy (non-hydrogen) atoms. The molecule has 0 radical (unpaired) electrons. The minimum atomic E-state index is -0.851. The third-order valence-corrected chi connectivity index (χ3v) is 3.93. The van der Waals surface area contributed by atoms with Crippen LogP contribution in [0.15, 0.2) is 22.3 Å². The normalized spacial score (nSPS) is 11.3. The number of ether oxygens (including phenoxy) is 4. The third-order valence-electron chi connectivity index (χ3n) is 3.93. The second-order valence-electron chi connectivity index (χ2n) is 6.47. The molecule has 0 saturated carbocycles. The number of hydrogen-bond acceptors (Lipinski definition) is 14. The fraction of sp³-hybridized carbons (Fsp3) is 0.500. The second kappa shape index (κ2) is 15.4. The zero-order chi connectivity index (χ0) is 27.1. The van der Waals surface area contributed by atoms with Crippen molar-refractivity contribution in [2.75, 3.05) is 37.3 Å². The third kappa shape index (κ3) is 9.78. The summed E-state index contributed by atoms with van der Waals surface area (Å²) in [4.78, 5) is 44.9. The monoisotopic (exact) mass is 512 g/mol. The smallest absolute Gasteiger partial charge is 0.315 e. The van der Waals surface area contributed by atoms with E-state index in [1.165, 1.54) is 0 Å². The molecule has 1 aromatic carbocycles. The molecule has 0 aliphatic rings. The first-order valence-electron chi connectivity index (χ1n) is 10.8. The van der Waals surface area contributed by atoms with Gasteiger partial charge in [-0.15, -0.1) is 10.2 Å². The molecular weight excluding hydrogens is 484 g/mol. The molecule has 0 saturated heterocycles. The molecule has 16 heteroatoms. The molecule has 0 fully saturated rings. The van der Waals surface area contributed by atoms with Gasteiger partial charge >= 0.3 is 23.3 Å². The van der Waals surface area contributed by atoms with E-state index in [-0.39, 0.29) is 62.4 Å². The Labute approximate surface area is 205 Å². The first kappa shape index (κ1) is 29.5. The summed E-state index contributed by atoms with van der Waals surface area (Å²) in [6.45, 7) is 7.07. The number of rotatable bonds is 14. The van der Waals surface area contributed by atoms with Crippen molar-refractivity contribution in [2.24, 2.45) is 10.2 Å². The van der Waals surface area contributed by atoms with Gasteiger partial charge in [-0.1, -0.05) is 0 Å². The van der Waals surface area contributed by atoms with E-state index in [9.17, 15) is 29.8 Å². The molecule has 0 spiro atoms. The van der Waals surface area contributed by atoms with Crippen molar-refractivity contribution in [3.8, 4) is 0 Å². The molecule has 0 aliphatic heterocycles. The maximum Gasteiger partial charge on any atom is 0.315 e. The van der Waals surface area contributed by atoms with E-state index in [1.807, 2.05) is 0 Å². The van der Waals surface area contributed by atoms with Gasteiger partial charge in [0.1, 0.15) is 24.2 Å². The van der Waals surface area contributed by atoms with Crippen molar-refractivity contribution in [3.05, 3.63) is 32.4 Å². The molecule has 0 bridgehead atoms. The van der Waals surface area contributed by atoms with Crippen LogP contribution in [0.4, 0.5) is 22.7 Å². The van der Waals surface area contributed by atoms with Gasteiger partial charge in [-0.3, -0.25) is 40.7 Å². The van der Waals surface area contributed by atoms with Crippen LogP contribution in [-0.4, -0.2) is 60.0 Å². The summed E-state index contributed by atoms with van der Waals surface area (Å²) in [5, 5.41) is 30.8. The van der Waals surface area contributed by atoms with Crippen LogP contribution in [0.5, 0.6) is 0 Å². The minimum Gasteiger partial charge on any atom is -0.480 e. The Morgan fingerprint density at radius 3 is 1.39 bits per heavy atom. The molecule has 0 heterocycles. The number of nitrogens with one attached hydrogen (secondary N) is 2. The summed E-state index contributed by atoms with van der Waals surface area (Å²) < 4.78 is 20.2. The summed E-state index contributed by atoms with van der Waals surface area (Å²) in [5.74, 6) is -1.51. The Kier molecular flexibility index (Phi) is 12.6. The van der Waals surface area contributed by atoms with Gasteiger partial charge in [-0.2, -0.15) is 0 Å². The number of nitro benzene ring substituents is 2. The Balaban J connectivity index is 3.40. The van der Waals surface area contributed by atoms with Crippen molar-refractivity contribution in [1.82, 2.24) is 0 Å². The Morgan fingerprint density at radius 2 is 1.08 bits per heavy atom. The van der Waals surface area contributed by atoms with Crippen LogP contribution < -0.4 is 10.9 Å². The molecule has 198 valence electrons. The van der Waals surface area contributed by atoms with Crippen molar-refractivity contribution >= 4 is 46.5 Å². The average Bonchev–Trinajstić information content (AvgIpc) is 2.81. The van der Waals surface area contributed by atoms with E-state index in [4.69, 9.17) is 18.9 Å². The Hall–Kier alpha value is -4.50. The lowest BCUT2D eigenvalue weighted by atomic mass is 10.2. The van der Waals surface area contributed by atoms with Gasteiger partial charge in [-0.25, -0.2) is 0 Å². The number of esters is 2. The highest BCUT2D eigenvalue weighted by Gasteiger charge is 2.25. The van der Waals surface area contributed by atoms with Gasteiger partial charge in [0.2, 0.25) is 11.8 Å². The van der Waals surface area contributed by atoms with E-state index in [0.717, 1.165) is 6.07 Å². The van der Waals surface area contributed by atoms with Crippen LogP contribution in [0.3, 0.4) is 0 Å². The highest BCUT2D eigenvalue weighted by atomic mass is 16.6. The highest BCUT2D eigenvalue weighted by molar-refractivity contribution is 5.95. The maximum atomic E-state index is 11.7. The van der Waals surface area contributed by atoms with Crippen molar-refractivity contribution in [3.63, 3.8) is 0 Å². The minimum absolute atomic E-state index is 0.121. The molecular formula is C20H28N6O10. The molecule has 0 aromatic heterocycles. The van der Waals surface area contributed by atoms with E-state index in [0.29, 0.717) is 6.07 Å². The lowest BCUT2D eigenvalue weighted by molar-refractivity contribution is -0.393. The zero-order valence-electron chi connectivity index (χ0n) is 20.3. The quantitative estimate of drug-likeness (QED) is 0.121.